The van der Waals surface area contributed by atoms with E-state index in [1.54, 1.807) is 0 Å². The van der Waals surface area contributed by atoms with Gasteiger partial charge in [-0.15, -0.1) is 0 Å². The molecule has 0 amide bonds. The lowest BCUT2D eigenvalue weighted by Crippen LogP contribution is -2.31. The first-order chi connectivity index (χ1) is 6.61. The Morgan fingerprint density at radius 1 is 1.50 bits per heavy atom. The van der Waals surface area contributed by atoms with E-state index in [-0.39, 0.29) is 6.04 Å². The molecule has 1 heterocycles. The minimum atomic E-state index is 0.164. The van der Waals surface area contributed by atoms with Crippen molar-refractivity contribution in [2.24, 2.45) is 5.73 Å². The third-order valence-electron chi connectivity index (χ3n) is 2.95. The van der Waals surface area contributed by atoms with Crippen molar-refractivity contribution in [3.05, 3.63) is 28.3 Å². The van der Waals surface area contributed by atoms with Gasteiger partial charge in [0.15, 0.2) is 0 Å². The maximum absolute atomic E-state index is 6.09. The highest BCUT2D eigenvalue weighted by Gasteiger charge is 2.22. The molecule has 0 radical (unpaired) electrons. The molecule has 2 rings (SSSR count). The van der Waals surface area contributed by atoms with E-state index in [1.807, 2.05) is 12.1 Å². The number of hydrogen-bond acceptors (Lipinski definition) is 2. The molecule has 0 fully saturated rings. The fraction of sp³-hybridized carbons (Fsp3) is 0.455. The van der Waals surface area contributed by atoms with Crippen molar-refractivity contribution in [1.29, 1.82) is 0 Å². The summed E-state index contributed by atoms with van der Waals surface area (Å²) < 4.78 is 0. The van der Waals surface area contributed by atoms with Gasteiger partial charge in [-0.2, -0.15) is 0 Å². The van der Waals surface area contributed by atoms with E-state index in [9.17, 15) is 0 Å². The van der Waals surface area contributed by atoms with E-state index in [1.165, 1.54) is 11.3 Å². The molecule has 1 aromatic carbocycles. The molecule has 1 unspecified atom stereocenters. The summed E-state index contributed by atoms with van der Waals surface area (Å²) in [5, 5.41) is 0.824. The summed E-state index contributed by atoms with van der Waals surface area (Å²) in [6.45, 7) is 3.06. The molecule has 3 heteroatoms. The maximum Gasteiger partial charge on any atom is 0.0456 e. The standard InChI is InChI=1S/C11H15ClN2/c1-7-9(12)4-3-8-10(13)5-6-14(2)11(7)8/h3-4,10H,5-6,13H2,1-2H3. The average Bonchev–Trinajstić information content (AvgIpc) is 2.16. The van der Waals surface area contributed by atoms with E-state index in [4.69, 9.17) is 17.3 Å². The molecule has 1 aliphatic rings. The Labute approximate surface area is 89.7 Å². The molecule has 1 atom stereocenters. The molecular weight excluding hydrogens is 196 g/mol. The van der Waals surface area contributed by atoms with Crippen LogP contribution in [0.3, 0.4) is 0 Å². The van der Waals surface area contributed by atoms with Crippen LogP contribution in [-0.2, 0) is 0 Å². The largest absolute Gasteiger partial charge is 0.374 e. The van der Waals surface area contributed by atoms with Crippen LogP contribution in [0.2, 0.25) is 5.02 Å². The first-order valence-electron chi connectivity index (χ1n) is 4.87. The maximum atomic E-state index is 6.09. The third kappa shape index (κ3) is 1.39. The molecule has 14 heavy (non-hydrogen) atoms. The van der Waals surface area contributed by atoms with E-state index in [0.29, 0.717) is 0 Å². The molecule has 2 N–H and O–H groups in total. The second kappa shape index (κ2) is 3.44. The monoisotopic (exact) mass is 210 g/mol. The van der Waals surface area contributed by atoms with Gasteiger partial charge in [-0.25, -0.2) is 0 Å². The molecule has 0 spiro atoms. The number of nitrogens with zero attached hydrogens (tertiary/aromatic N) is 1. The lowest BCUT2D eigenvalue weighted by Gasteiger charge is -2.33. The van der Waals surface area contributed by atoms with Gasteiger partial charge in [-0.1, -0.05) is 17.7 Å². The van der Waals surface area contributed by atoms with E-state index in [0.717, 1.165) is 23.6 Å². The highest BCUT2D eigenvalue weighted by Crippen LogP contribution is 2.37. The van der Waals surface area contributed by atoms with Crippen molar-refractivity contribution < 1.29 is 0 Å². The minimum Gasteiger partial charge on any atom is -0.374 e. The van der Waals surface area contributed by atoms with Crippen LogP contribution >= 0.6 is 11.6 Å². The molecule has 0 aliphatic carbocycles. The SMILES string of the molecule is Cc1c(Cl)ccc2c1N(C)CCC2N. The quantitative estimate of drug-likeness (QED) is 0.713. The zero-order valence-electron chi connectivity index (χ0n) is 8.55. The summed E-state index contributed by atoms with van der Waals surface area (Å²) in [4.78, 5) is 2.24. The molecule has 0 saturated carbocycles. The summed E-state index contributed by atoms with van der Waals surface area (Å²) in [6.07, 6.45) is 1.02. The summed E-state index contributed by atoms with van der Waals surface area (Å²) in [6, 6.07) is 4.15. The van der Waals surface area contributed by atoms with Crippen LogP contribution in [0.25, 0.3) is 0 Å². The van der Waals surface area contributed by atoms with Crippen molar-refractivity contribution in [1.82, 2.24) is 0 Å². The Kier molecular flexibility index (Phi) is 2.41. The van der Waals surface area contributed by atoms with Crippen LogP contribution < -0.4 is 10.6 Å². The lowest BCUT2D eigenvalue weighted by molar-refractivity contribution is 0.613. The Balaban J connectivity index is 2.61. The Hall–Kier alpha value is -0.730. The molecular formula is C11H15ClN2. The zero-order chi connectivity index (χ0) is 10.3. The molecule has 0 saturated heterocycles. The fourth-order valence-electron chi connectivity index (χ4n) is 2.10. The number of rotatable bonds is 0. The van der Waals surface area contributed by atoms with Crippen molar-refractivity contribution in [2.75, 3.05) is 18.5 Å². The van der Waals surface area contributed by atoms with Crippen LogP contribution in [0.15, 0.2) is 12.1 Å². The van der Waals surface area contributed by atoms with E-state index < -0.39 is 0 Å². The summed E-state index contributed by atoms with van der Waals surface area (Å²) in [7, 11) is 2.09. The highest BCUT2D eigenvalue weighted by atomic mass is 35.5. The van der Waals surface area contributed by atoms with Gasteiger partial charge in [-0.05, 0) is 30.5 Å². The van der Waals surface area contributed by atoms with Gasteiger partial charge >= 0.3 is 0 Å². The van der Waals surface area contributed by atoms with Crippen LogP contribution in [0.5, 0.6) is 0 Å². The van der Waals surface area contributed by atoms with E-state index >= 15 is 0 Å². The molecule has 1 aliphatic heterocycles. The predicted octanol–water partition coefficient (Wildman–Crippen LogP) is 2.49. The van der Waals surface area contributed by atoms with E-state index in [2.05, 4.69) is 18.9 Å². The first-order valence-corrected chi connectivity index (χ1v) is 5.24. The molecule has 1 aromatic rings. The number of nitrogens with two attached hydrogens (primary N) is 1. The fourth-order valence-corrected chi connectivity index (χ4v) is 2.25. The van der Waals surface area contributed by atoms with Crippen molar-refractivity contribution in [2.45, 2.75) is 19.4 Å². The smallest absolute Gasteiger partial charge is 0.0456 e. The second-order valence-electron chi connectivity index (χ2n) is 3.93. The lowest BCUT2D eigenvalue weighted by atomic mass is 9.95. The Morgan fingerprint density at radius 2 is 2.21 bits per heavy atom. The van der Waals surface area contributed by atoms with Crippen LogP contribution in [0.4, 0.5) is 5.69 Å². The van der Waals surface area contributed by atoms with Crippen LogP contribution in [-0.4, -0.2) is 13.6 Å². The van der Waals surface area contributed by atoms with Gasteiger partial charge in [0.05, 0.1) is 0 Å². The van der Waals surface area contributed by atoms with Gasteiger partial charge in [0.1, 0.15) is 0 Å². The third-order valence-corrected chi connectivity index (χ3v) is 3.36. The summed E-state index contributed by atoms with van der Waals surface area (Å²) in [5.41, 5.74) is 9.64. The second-order valence-corrected chi connectivity index (χ2v) is 4.33. The molecule has 0 aromatic heterocycles. The Morgan fingerprint density at radius 3 is 2.93 bits per heavy atom. The van der Waals surface area contributed by atoms with Gasteiger partial charge in [0, 0.05) is 30.3 Å². The predicted molar refractivity (Wildman–Crippen MR) is 61.0 cm³/mol. The van der Waals surface area contributed by atoms with Gasteiger partial charge in [0.25, 0.3) is 0 Å². The zero-order valence-corrected chi connectivity index (χ0v) is 9.30. The van der Waals surface area contributed by atoms with Crippen molar-refractivity contribution in [3.8, 4) is 0 Å². The average molecular weight is 211 g/mol. The highest BCUT2D eigenvalue weighted by molar-refractivity contribution is 6.31. The number of halogens is 1. The molecule has 2 nitrogen and oxygen atoms in total. The number of benzene rings is 1. The minimum absolute atomic E-state index is 0.164. The first kappa shape index (κ1) is 9.81. The number of anilines is 1. The van der Waals surface area contributed by atoms with Crippen molar-refractivity contribution >= 4 is 17.3 Å². The van der Waals surface area contributed by atoms with Gasteiger partial charge in [0.2, 0.25) is 0 Å². The van der Waals surface area contributed by atoms with Crippen molar-refractivity contribution in [3.63, 3.8) is 0 Å². The topological polar surface area (TPSA) is 29.3 Å². The molecule has 76 valence electrons. The molecule has 0 bridgehead atoms. The summed E-state index contributed by atoms with van der Waals surface area (Å²) >= 11 is 6.09. The summed E-state index contributed by atoms with van der Waals surface area (Å²) in [5.74, 6) is 0. The van der Waals surface area contributed by atoms with Gasteiger partial charge < -0.3 is 10.6 Å². The number of fused-ring (bicyclic) bond motifs is 1. The van der Waals surface area contributed by atoms with Gasteiger partial charge in [-0.3, -0.25) is 0 Å². The Bertz CT molecular complexity index is 363. The van der Waals surface area contributed by atoms with Crippen LogP contribution in [0.1, 0.15) is 23.6 Å². The normalized spacial score (nSPS) is 20.9. The number of hydrogen-bond donors (Lipinski definition) is 1. The van der Waals surface area contributed by atoms with Crippen LogP contribution in [0, 0.1) is 6.92 Å².